The normalized spacial score (nSPS) is 22.0. The van der Waals surface area contributed by atoms with Crippen molar-refractivity contribution in [3.05, 3.63) is 48.3 Å². The van der Waals surface area contributed by atoms with Gasteiger partial charge in [-0.25, -0.2) is 4.68 Å². The van der Waals surface area contributed by atoms with Crippen molar-refractivity contribution in [1.82, 2.24) is 24.5 Å². The first-order chi connectivity index (χ1) is 12.7. The molecule has 3 heterocycles. The number of amides is 1. The number of likely N-dealkylation sites (tertiary alicyclic amines) is 1. The molecule has 2 aliphatic heterocycles. The molecular weight excluding hydrogens is 326 g/mol. The number of piperazine rings is 1. The minimum absolute atomic E-state index is 0.100. The van der Waals surface area contributed by atoms with Gasteiger partial charge < -0.3 is 4.90 Å². The maximum absolute atomic E-state index is 12.7. The molecule has 1 atom stereocenters. The number of aromatic nitrogens is 2. The predicted molar refractivity (Wildman–Crippen MR) is 101 cm³/mol. The second-order valence-corrected chi connectivity index (χ2v) is 7.33. The van der Waals surface area contributed by atoms with Crippen LogP contribution in [0.1, 0.15) is 18.5 Å². The number of likely N-dealkylation sites (N-methyl/N-ethyl adjacent to an activating group) is 1. The zero-order valence-electron chi connectivity index (χ0n) is 15.4. The second-order valence-electron chi connectivity index (χ2n) is 7.33. The summed E-state index contributed by atoms with van der Waals surface area (Å²) < 4.78 is 1.92. The third-order valence-corrected chi connectivity index (χ3v) is 5.54. The van der Waals surface area contributed by atoms with E-state index in [4.69, 9.17) is 0 Å². The number of nitrogens with zero attached hydrogens (tertiary/aromatic N) is 5. The van der Waals surface area contributed by atoms with Crippen LogP contribution in [0.3, 0.4) is 0 Å². The number of carbonyl (C=O) groups excluding carboxylic acids is 1. The lowest BCUT2D eigenvalue weighted by Crippen LogP contribution is -2.52. The molecule has 1 aromatic heterocycles. The Morgan fingerprint density at radius 2 is 1.85 bits per heavy atom. The van der Waals surface area contributed by atoms with Gasteiger partial charge in [0.25, 0.3) is 0 Å². The summed E-state index contributed by atoms with van der Waals surface area (Å²) in [5.41, 5.74) is 2.15. The van der Waals surface area contributed by atoms with Crippen LogP contribution in [-0.2, 0) is 11.3 Å². The minimum Gasteiger partial charge on any atom is -0.339 e. The molecule has 0 radical (unpaired) electrons. The molecule has 2 aliphatic rings. The Morgan fingerprint density at radius 3 is 2.54 bits per heavy atom. The van der Waals surface area contributed by atoms with E-state index in [0.29, 0.717) is 5.91 Å². The van der Waals surface area contributed by atoms with Crippen molar-refractivity contribution in [3.8, 4) is 5.69 Å². The van der Waals surface area contributed by atoms with Crippen molar-refractivity contribution in [1.29, 1.82) is 0 Å². The van der Waals surface area contributed by atoms with Gasteiger partial charge in [0.1, 0.15) is 0 Å². The summed E-state index contributed by atoms with van der Waals surface area (Å²) in [6.07, 6.45) is 4.16. The average Bonchev–Trinajstić information content (AvgIpc) is 3.32. The molecule has 0 N–H and O–H groups in total. The van der Waals surface area contributed by atoms with Crippen molar-refractivity contribution in [2.24, 2.45) is 0 Å². The Hall–Kier alpha value is -2.18. The Balaban J connectivity index is 1.30. The fraction of sp³-hybridized carbons (Fsp3) is 0.500. The van der Waals surface area contributed by atoms with Gasteiger partial charge in [-0.2, -0.15) is 5.10 Å². The van der Waals surface area contributed by atoms with Gasteiger partial charge in [-0.05, 0) is 44.6 Å². The number of rotatable bonds is 4. The van der Waals surface area contributed by atoms with Crippen molar-refractivity contribution in [2.75, 3.05) is 39.8 Å². The number of carbonyl (C=O) groups is 1. The molecule has 0 aliphatic carbocycles. The summed E-state index contributed by atoms with van der Waals surface area (Å²) in [6.45, 7) is 5.36. The number of benzene rings is 1. The van der Waals surface area contributed by atoms with E-state index in [1.807, 2.05) is 34.0 Å². The molecule has 6 nitrogen and oxygen atoms in total. The van der Waals surface area contributed by atoms with E-state index in [9.17, 15) is 4.79 Å². The minimum atomic E-state index is 0.100. The molecule has 0 spiro atoms. The highest BCUT2D eigenvalue weighted by Crippen LogP contribution is 2.18. The highest BCUT2D eigenvalue weighted by molar-refractivity contribution is 5.82. The molecule has 26 heavy (non-hydrogen) atoms. The van der Waals surface area contributed by atoms with E-state index in [2.05, 4.69) is 40.1 Å². The molecule has 4 rings (SSSR count). The fourth-order valence-electron chi connectivity index (χ4n) is 3.96. The molecular formula is C20H27N5O. The molecule has 1 unspecified atom stereocenters. The number of hydrogen-bond donors (Lipinski definition) is 0. The van der Waals surface area contributed by atoms with Gasteiger partial charge in [0, 0.05) is 38.9 Å². The van der Waals surface area contributed by atoms with Crippen LogP contribution >= 0.6 is 0 Å². The Bertz CT molecular complexity index is 736. The molecule has 2 saturated heterocycles. The van der Waals surface area contributed by atoms with E-state index < -0.39 is 0 Å². The molecule has 0 saturated carbocycles. The zero-order chi connectivity index (χ0) is 17.9. The Morgan fingerprint density at radius 1 is 1.08 bits per heavy atom. The third kappa shape index (κ3) is 3.66. The lowest BCUT2D eigenvalue weighted by Gasteiger charge is -2.36. The lowest BCUT2D eigenvalue weighted by molar-refractivity contribution is -0.137. The molecule has 138 valence electrons. The molecule has 1 aromatic carbocycles. The van der Waals surface area contributed by atoms with Crippen molar-refractivity contribution < 1.29 is 4.79 Å². The summed E-state index contributed by atoms with van der Waals surface area (Å²) in [6, 6.07) is 12.4. The standard InChI is InChI=1S/C20H27N5O/c1-22-10-5-8-19(22)20(26)24-14-12-23(13-15-24)16-17-9-11-25(21-17)18-6-3-2-4-7-18/h2-4,6-7,9,11,19H,5,8,10,12-16H2,1H3. The Kier molecular flexibility index (Phi) is 5.04. The van der Waals surface area contributed by atoms with Crippen LogP contribution in [0.15, 0.2) is 42.6 Å². The highest BCUT2D eigenvalue weighted by Gasteiger charge is 2.32. The van der Waals surface area contributed by atoms with E-state index in [0.717, 1.165) is 63.5 Å². The largest absolute Gasteiger partial charge is 0.339 e. The summed E-state index contributed by atoms with van der Waals surface area (Å²) in [5.74, 6) is 0.318. The van der Waals surface area contributed by atoms with Crippen LogP contribution in [0.25, 0.3) is 5.69 Å². The van der Waals surface area contributed by atoms with E-state index in [-0.39, 0.29) is 6.04 Å². The van der Waals surface area contributed by atoms with Gasteiger partial charge in [-0.15, -0.1) is 0 Å². The maximum atomic E-state index is 12.7. The van der Waals surface area contributed by atoms with Gasteiger partial charge in [0.05, 0.1) is 17.4 Å². The molecule has 6 heteroatoms. The number of para-hydroxylation sites is 1. The van der Waals surface area contributed by atoms with Crippen LogP contribution in [0.5, 0.6) is 0 Å². The Labute approximate surface area is 155 Å². The van der Waals surface area contributed by atoms with Gasteiger partial charge in [0.2, 0.25) is 5.91 Å². The highest BCUT2D eigenvalue weighted by atomic mass is 16.2. The van der Waals surface area contributed by atoms with Crippen molar-refractivity contribution in [3.63, 3.8) is 0 Å². The summed E-state index contributed by atoms with van der Waals surface area (Å²) >= 11 is 0. The second kappa shape index (κ2) is 7.60. The summed E-state index contributed by atoms with van der Waals surface area (Å²) in [5, 5.41) is 4.69. The van der Waals surface area contributed by atoms with Crippen LogP contribution < -0.4 is 0 Å². The molecule has 2 aromatic rings. The van der Waals surface area contributed by atoms with E-state index >= 15 is 0 Å². The van der Waals surface area contributed by atoms with E-state index in [1.54, 1.807) is 0 Å². The molecule has 2 fully saturated rings. The van der Waals surface area contributed by atoms with Gasteiger partial charge >= 0.3 is 0 Å². The van der Waals surface area contributed by atoms with Crippen LogP contribution in [-0.4, -0.2) is 76.2 Å². The van der Waals surface area contributed by atoms with Crippen LogP contribution in [0, 0.1) is 0 Å². The third-order valence-electron chi connectivity index (χ3n) is 5.54. The lowest BCUT2D eigenvalue weighted by atomic mass is 10.1. The first-order valence-electron chi connectivity index (χ1n) is 9.52. The maximum Gasteiger partial charge on any atom is 0.240 e. The van der Waals surface area contributed by atoms with E-state index in [1.165, 1.54) is 0 Å². The van der Waals surface area contributed by atoms with Gasteiger partial charge in [-0.3, -0.25) is 14.6 Å². The van der Waals surface area contributed by atoms with Crippen LogP contribution in [0.2, 0.25) is 0 Å². The van der Waals surface area contributed by atoms with Crippen LogP contribution in [0.4, 0.5) is 0 Å². The summed E-state index contributed by atoms with van der Waals surface area (Å²) in [7, 11) is 2.06. The van der Waals surface area contributed by atoms with Gasteiger partial charge in [0.15, 0.2) is 0 Å². The SMILES string of the molecule is CN1CCCC1C(=O)N1CCN(Cc2ccn(-c3ccccc3)n2)CC1. The number of hydrogen-bond acceptors (Lipinski definition) is 4. The fourth-order valence-corrected chi connectivity index (χ4v) is 3.96. The molecule has 1 amide bonds. The first kappa shape index (κ1) is 17.2. The monoisotopic (exact) mass is 353 g/mol. The smallest absolute Gasteiger partial charge is 0.240 e. The topological polar surface area (TPSA) is 44.6 Å². The van der Waals surface area contributed by atoms with Crippen molar-refractivity contribution in [2.45, 2.75) is 25.4 Å². The summed E-state index contributed by atoms with van der Waals surface area (Å²) in [4.78, 5) is 19.3. The predicted octanol–water partition coefficient (Wildman–Crippen LogP) is 1.61. The quantitative estimate of drug-likeness (QED) is 0.838. The average molecular weight is 353 g/mol. The zero-order valence-corrected chi connectivity index (χ0v) is 15.4. The van der Waals surface area contributed by atoms with Gasteiger partial charge in [-0.1, -0.05) is 18.2 Å². The first-order valence-corrected chi connectivity index (χ1v) is 9.52. The van der Waals surface area contributed by atoms with Crippen molar-refractivity contribution >= 4 is 5.91 Å². The molecule has 0 bridgehead atoms.